The van der Waals surface area contributed by atoms with Crippen LogP contribution in [0.2, 0.25) is 0 Å². The minimum atomic E-state index is -2.29. The molecule has 13 heavy (non-hydrogen) atoms. The van der Waals surface area contributed by atoms with Crippen molar-refractivity contribution < 1.29 is 8.78 Å². The molecule has 0 saturated carbocycles. The monoisotopic (exact) mass is 193 g/mol. The summed E-state index contributed by atoms with van der Waals surface area (Å²) in [4.78, 5) is 0. The highest BCUT2D eigenvalue weighted by atomic mass is 19.3. The van der Waals surface area contributed by atoms with Crippen molar-refractivity contribution in [3.8, 4) is 0 Å². The van der Waals surface area contributed by atoms with Crippen LogP contribution in [0.15, 0.2) is 0 Å². The predicted octanol–water partition coefficient (Wildman–Crippen LogP) is 3.06. The van der Waals surface area contributed by atoms with Crippen LogP contribution in [-0.2, 0) is 0 Å². The molecule has 0 aliphatic rings. The van der Waals surface area contributed by atoms with Gasteiger partial charge in [-0.1, -0.05) is 20.8 Å². The molecule has 0 bridgehead atoms. The zero-order chi connectivity index (χ0) is 10.5. The molecule has 3 heteroatoms. The van der Waals surface area contributed by atoms with Gasteiger partial charge in [0.25, 0.3) is 6.43 Å². The molecule has 1 N–H and O–H groups in total. The molecular formula is C10H21F2N. The van der Waals surface area contributed by atoms with Crippen molar-refractivity contribution in [2.24, 2.45) is 5.92 Å². The first-order valence-electron chi connectivity index (χ1n) is 4.95. The molecule has 0 fully saturated rings. The van der Waals surface area contributed by atoms with Crippen LogP contribution < -0.4 is 5.32 Å². The summed E-state index contributed by atoms with van der Waals surface area (Å²) in [6.07, 6.45) is -0.883. The van der Waals surface area contributed by atoms with Crippen LogP contribution in [-0.4, -0.2) is 18.5 Å². The first-order valence-corrected chi connectivity index (χ1v) is 4.95. The first-order chi connectivity index (χ1) is 5.92. The number of hydrogen-bond acceptors (Lipinski definition) is 1. The molecule has 1 unspecified atom stereocenters. The van der Waals surface area contributed by atoms with E-state index in [1.807, 2.05) is 20.8 Å². The Bertz CT molecular complexity index is 137. The SMILES string of the molecule is CCCNC(C)(CC(C)C)C(F)F. The van der Waals surface area contributed by atoms with Crippen molar-refractivity contribution in [1.29, 1.82) is 0 Å². The van der Waals surface area contributed by atoms with Gasteiger partial charge in [-0.3, -0.25) is 0 Å². The number of rotatable bonds is 6. The summed E-state index contributed by atoms with van der Waals surface area (Å²) in [7, 11) is 0. The van der Waals surface area contributed by atoms with Gasteiger partial charge in [-0.15, -0.1) is 0 Å². The zero-order valence-corrected chi connectivity index (χ0v) is 9.03. The average molecular weight is 193 g/mol. The van der Waals surface area contributed by atoms with Gasteiger partial charge >= 0.3 is 0 Å². The number of nitrogens with one attached hydrogen (secondary N) is 1. The van der Waals surface area contributed by atoms with Gasteiger partial charge in [-0.05, 0) is 32.2 Å². The second kappa shape index (κ2) is 5.53. The van der Waals surface area contributed by atoms with Crippen LogP contribution in [0.5, 0.6) is 0 Å². The smallest absolute Gasteiger partial charge is 0.256 e. The number of halogens is 2. The quantitative estimate of drug-likeness (QED) is 0.683. The molecule has 0 saturated heterocycles. The van der Waals surface area contributed by atoms with Crippen LogP contribution in [0.1, 0.15) is 40.5 Å². The number of alkyl halides is 2. The van der Waals surface area contributed by atoms with Gasteiger partial charge in [0.15, 0.2) is 0 Å². The minimum absolute atomic E-state index is 0.295. The van der Waals surface area contributed by atoms with Crippen LogP contribution in [0.4, 0.5) is 8.78 Å². The molecule has 0 rings (SSSR count). The Morgan fingerprint density at radius 1 is 1.31 bits per heavy atom. The van der Waals surface area contributed by atoms with E-state index < -0.39 is 12.0 Å². The highest BCUT2D eigenvalue weighted by molar-refractivity contribution is 4.86. The maximum Gasteiger partial charge on any atom is 0.256 e. The summed E-state index contributed by atoms with van der Waals surface area (Å²) in [6, 6.07) is 0. The maximum atomic E-state index is 12.7. The lowest BCUT2D eigenvalue weighted by Crippen LogP contribution is -2.49. The Labute approximate surface area is 79.9 Å². The van der Waals surface area contributed by atoms with E-state index in [2.05, 4.69) is 5.32 Å². The van der Waals surface area contributed by atoms with Crippen LogP contribution in [0, 0.1) is 5.92 Å². The Hall–Kier alpha value is -0.180. The molecule has 0 aromatic carbocycles. The Kier molecular flexibility index (Phi) is 5.45. The van der Waals surface area contributed by atoms with Gasteiger partial charge in [0, 0.05) is 0 Å². The van der Waals surface area contributed by atoms with Crippen LogP contribution in [0.25, 0.3) is 0 Å². The van der Waals surface area contributed by atoms with E-state index in [9.17, 15) is 8.78 Å². The second-order valence-corrected chi connectivity index (χ2v) is 4.24. The van der Waals surface area contributed by atoms with Crippen LogP contribution >= 0.6 is 0 Å². The molecule has 0 amide bonds. The molecule has 0 radical (unpaired) electrons. The van der Waals surface area contributed by atoms with E-state index in [-0.39, 0.29) is 0 Å². The Morgan fingerprint density at radius 2 is 1.85 bits per heavy atom. The third kappa shape index (κ3) is 4.55. The van der Waals surface area contributed by atoms with E-state index in [0.717, 1.165) is 6.42 Å². The lowest BCUT2D eigenvalue weighted by atomic mass is 9.91. The van der Waals surface area contributed by atoms with Gasteiger partial charge in [-0.2, -0.15) is 0 Å². The highest BCUT2D eigenvalue weighted by Gasteiger charge is 2.34. The van der Waals surface area contributed by atoms with E-state index in [0.29, 0.717) is 18.9 Å². The van der Waals surface area contributed by atoms with Crippen molar-refractivity contribution in [1.82, 2.24) is 5.32 Å². The zero-order valence-electron chi connectivity index (χ0n) is 9.03. The molecule has 80 valence electrons. The van der Waals surface area contributed by atoms with E-state index in [1.165, 1.54) is 0 Å². The van der Waals surface area contributed by atoms with Gasteiger partial charge in [-0.25, -0.2) is 8.78 Å². The normalized spacial score (nSPS) is 16.6. The summed E-state index contributed by atoms with van der Waals surface area (Å²) < 4.78 is 25.4. The van der Waals surface area contributed by atoms with E-state index >= 15 is 0 Å². The van der Waals surface area contributed by atoms with Gasteiger partial charge in [0.05, 0.1) is 5.54 Å². The van der Waals surface area contributed by atoms with Gasteiger partial charge in [0.2, 0.25) is 0 Å². The maximum absolute atomic E-state index is 12.7. The van der Waals surface area contributed by atoms with Crippen molar-refractivity contribution in [3.63, 3.8) is 0 Å². The van der Waals surface area contributed by atoms with E-state index in [1.54, 1.807) is 6.92 Å². The lowest BCUT2D eigenvalue weighted by molar-refractivity contribution is 0.0281. The molecule has 0 spiro atoms. The molecule has 0 aliphatic carbocycles. The fourth-order valence-electron chi connectivity index (χ4n) is 1.50. The average Bonchev–Trinajstić information content (AvgIpc) is 1.99. The molecular weight excluding hydrogens is 172 g/mol. The minimum Gasteiger partial charge on any atom is -0.307 e. The second-order valence-electron chi connectivity index (χ2n) is 4.24. The topological polar surface area (TPSA) is 12.0 Å². The Balaban J connectivity index is 4.16. The lowest BCUT2D eigenvalue weighted by Gasteiger charge is -2.31. The molecule has 0 aliphatic heterocycles. The summed E-state index contributed by atoms with van der Waals surface area (Å²) in [5, 5.41) is 2.93. The third-order valence-corrected chi connectivity index (χ3v) is 2.09. The van der Waals surface area contributed by atoms with Gasteiger partial charge in [0.1, 0.15) is 0 Å². The third-order valence-electron chi connectivity index (χ3n) is 2.09. The molecule has 1 atom stereocenters. The fraction of sp³-hybridized carbons (Fsp3) is 1.00. The van der Waals surface area contributed by atoms with Crippen molar-refractivity contribution >= 4 is 0 Å². The highest BCUT2D eigenvalue weighted by Crippen LogP contribution is 2.23. The van der Waals surface area contributed by atoms with E-state index in [4.69, 9.17) is 0 Å². The number of hydrogen-bond donors (Lipinski definition) is 1. The molecule has 0 aromatic rings. The van der Waals surface area contributed by atoms with Crippen molar-refractivity contribution in [2.75, 3.05) is 6.54 Å². The first kappa shape index (κ1) is 12.8. The Morgan fingerprint density at radius 3 is 2.15 bits per heavy atom. The van der Waals surface area contributed by atoms with Crippen molar-refractivity contribution in [2.45, 2.75) is 52.5 Å². The van der Waals surface area contributed by atoms with Crippen LogP contribution in [0.3, 0.4) is 0 Å². The summed E-state index contributed by atoms with van der Waals surface area (Å²) in [6.45, 7) is 8.18. The molecule has 0 heterocycles. The summed E-state index contributed by atoms with van der Waals surface area (Å²) in [5.41, 5.74) is -1.01. The standard InChI is InChI=1S/C10H21F2N/c1-5-6-13-10(4,9(11)12)7-8(2)3/h8-9,13H,5-7H2,1-4H3. The molecule has 0 aromatic heterocycles. The predicted molar refractivity (Wildman–Crippen MR) is 52.2 cm³/mol. The van der Waals surface area contributed by atoms with Gasteiger partial charge < -0.3 is 5.32 Å². The summed E-state index contributed by atoms with van der Waals surface area (Å²) in [5.74, 6) is 0.295. The summed E-state index contributed by atoms with van der Waals surface area (Å²) >= 11 is 0. The van der Waals surface area contributed by atoms with Crippen molar-refractivity contribution in [3.05, 3.63) is 0 Å². The fourth-order valence-corrected chi connectivity index (χ4v) is 1.50. The molecule has 1 nitrogen and oxygen atoms in total. The largest absolute Gasteiger partial charge is 0.307 e.